The molecule has 138 valence electrons. The number of nitrogens with one attached hydrogen (secondary N) is 1. The number of methoxy groups -OCH3 is 1. The lowest BCUT2D eigenvalue weighted by Crippen LogP contribution is -2.19. The molecule has 0 unspecified atom stereocenters. The highest BCUT2D eigenvalue weighted by molar-refractivity contribution is 8.18. The number of hydrogen-bond acceptors (Lipinski definition) is 6. The summed E-state index contributed by atoms with van der Waals surface area (Å²) < 4.78 is 10.3. The maximum atomic E-state index is 12.1. The number of ether oxygens (including phenoxy) is 2. The average molecular weight is 383 g/mol. The molecule has 1 saturated heterocycles. The van der Waals surface area contributed by atoms with Crippen molar-refractivity contribution in [1.82, 2.24) is 5.32 Å². The second kappa shape index (κ2) is 8.41. The number of hydrogen-bond donors (Lipinski definition) is 2. The molecule has 3 rings (SSSR count). The number of amides is 2. The van der Waals surface area contributed by atoms with E-state index in [4.69, 9.17) is 15.2 Å². The van der Waals surface area contributed by atoms with E-state index >= 15 is 0 Å². The summed E-state index contributed by atoms with van der Waals surface area (Å²) in [7, 11) is 1.60. The van der Waals surface area contributed by atoms with Crippen LogP contribution in [0, 0.1) is 0 Å². The molecule has 0 spiro atoms. The molecule has 3 N–H and O–H groups in total. The molecule has 1 aliphatic rings. The van der Waals surface area contributed by atoms with Gasteiger partial charge in [-0.25, -0.2) is 4.99 Å². The van der Waals surface area contributed by atoms with Crippen LogP contribution in [0.4, 0.5) is 5.69 Å². The van der Waals surface area contributed by atoms with Gasteiger partial charge in [0.25, 0.3) is 11.8 Å². The first-order valence-electron chi connectivity index (χ1n) is 7.98. The maximum Gasteiger partial charge on any atom is 0.264 e. The van der Waals surface area contributed by atoms with Gasteiger partial charge in [-0.15, -0.1) is 0 Å². The smallest absolute Gasteiger partial charge is 0.264 e. The van der Waals surface area contributed by atoms with Gasteiger partial charge in [0, 0.05) is 0 Å². The lowest BCUT2D eigenvalue weighted by Gasteiger charge is -2.03. The predicted octanol–water partition coefficient (Wildman–Crippen LogP) is 2.45. The Morgan fingerprint density at radius 2 is 1.81 bits per heavy atom. The zero-order valence-corrected chi connectivity index (χ0v) is 15.3. The number of thioether (sulfide) groups is 1. The molecule has 7 nitrogen and oxygen atoms in total. The third-order valence-electron chi connectivity index (χ3n) is 3.51. The molecule has 2 aromatic carbocycles. The molecule has 27 heavy (non-hydrogen) atoms. The van der Waals surface area contributed by atoms with Crippen molar-refractivity contribution in [2.45, 2.75) is 0 Å². The van der Waals surface area contributed by atoms with E-state index in [1.54, 1.807) is 49.6 Å². The minimum absolute atomic E-state index is 0.177. The van der Waals surface area contributed by atoms with Crippen LogP contribution >= 0.6 is 11.8 Å². The Bertz CT molecular complexity index is 906. The monoisotopic (exact) mass is 383 g/mol. The molecule has 0 atom stereocenters. The van der Waals surface area contributed by atoms with Crippen LogP contribution in [0.2, 0.25) is 0 Å². The normalized spacial score (nSPS) is 16.4. The number of aliphatic imine (C=N–C) groups is 1. The Hall–Kier alpha value is -3.26. The molecular formula is C19H17N3O4S. The van der Waals surface area contributed by atoms with Crippen LogP contribution in [0.1, 0.15) is 5.56 Å². The second-order valence-corrected chi connectivity index (χ2v) is 6.53. The van der Waals surface area contributed by atoms with E-state index in [1.807, 2.05) is 12.1 Å². The Labute approximate surface area is 160 Å². The number of benzene rings is 2. The van der Waals surface area contributed by atoms with E-state index in [0.717, 1.165) is 17.0 Å². The third-order valence-corrected chi connectivity index (χ3v) is 4.42. The average Bonchev–Trinajstić information content (AvgIpc) is 3.00. The number of carbonyl (C=O) groups excluding carboxylic acids is 2. The van der Waals surface area contributed by atoms with E-state index in [2.05, 4.69) is 10.3 Å². The van der Waals surface area contributed by atoms with Gasteiger partial charge < -0.3 is 20.5 Å². The summed E-state index contributed by atoms with van der Waals surface area (Å²) in [6, 6.07) is 14.2. The standard InChI is InChI=1S/C19H17N3O4S/c1-25-14-8-4-13(5-9-14)21-19-22-18(24)16(27-19)10-12-2-6-15(7-3-12)26-11-17(20)23/h2-10H,11H2,1H3,(H2,20,23)(H,21,22,24)/b16-10-. The Kier molecular flexibility index (Phi) is 5.77. The first kappa shape index (κ1) is 18.5. The first-order valence-corrected chi connectivity index (χ1v) is 8.80. The molecular weight excluding hydrogens is 366 g/mol. The van der Waals surface area contributed by atoms with Crippen LogP contribution in [0.15, 0.2) is 58.4 Å². The van der Waals surface area contributed by atoms with Crippen molar-refractivity contribution in [3.63, 3.8) is 0 Å². The van der Waals surface area contributed by atoms with Gasteiger partial charge in [0.15, 0.2) is 11.8 Å². The van der Waals surface area contributed by atoms with E-state index in [9.17, 15) is 9.59 Å². The Morgan fingerprint density at radius 1 is 1.15 bits per heavy atom. The van der Waals surface area contributed by atoms with Crippen LogP contribution < -0.4 is 20.5 Å². The fourth-order valence-corrected chi connectivity index (χ4v) is 3.06. The summed E-state index contributed by atoms with van der Waals surface area (Å²) in [6.45, 7) is -0.177. The molecule has 0 saturated carbocycles. The predicted molar refractivity (Wildman–Crippen MR) is 105 cm³/mol. The van der Waals surface area contributed by atoms with E-state index in [1.165, 1.54) is 11.8 Å². The van der Waals surface area contributed by atoms with Gasteiger partial charge in [-0.3, -0.25) is 9.59 Å². The minimum atomic E-state index is -0.538. The molecule has 0 radical (unpaired) electrons. The van der Waals surface area contributed by atoms with Crippen molar-refractivity contribution in [1.29, 1.82) is 0 Å². The number of primary amides is 1. The summed E-state index contributed by atoms with van der Waals surface area (Å²) in [5.41, 5.74) is 6.58. The fourth-order valence-electron chi connectivity index (χ4n) is 2.22. The lowest BCUT2D eigenvalue weighted by molar-refractivity contribution is -0.120. The van der Waals surface area contributed by atoms with Gasteiger partial charge >= 0.3 is 0 Å². The summed E-state index contributed by atoms with van der Waals surface area (Å²) in [5.74, 6) is 0.525. The van der Waals surface area contributed by atoms with Crippen molar-refractivity contribution in [3.8, 4) is 11.5 Å². The highest BCUT2D eigenvalue weighted by atomic mass is 32.2. The maximum absolute atomic E-state index is 12.1. The van der Waals surface area contributed by atoms with Crippen LogP contribution in [0.5, 0.6) is 11.5 Å². The molecule has 2 amide bonds. The summed E-state index contributed by atoms with van der Waals surface area (Å²) in [6.07, 6.45) is 1.76. The zero-order valence-electron chi connectivity index (χ0n) is 14.5. The topological polar surface area (TPSA) is 103 Å². The van der Waals surface area contributed by atoms with Crippen LogP contribution in [0.25, 0.3) is 6.08 Å². The number of nitrogens with two attached hydrogens (primary N) is 1. The number of amidine groups is 1. The zero-order chi connectivity index (χ0) is 19.2. The van der Waals surface area contributed by atoms with Gasteiger partial charge in [0.05, 0.1) is 17.7 Å². The van der Waals surface area contributed by atoms with Gasteiger partial charge in [0.2, 0.25) is 0 Å². The van der Waals surface area contributed by atoms with Crippen LogP contribution in [-0.2, 0) is 9.59 Å². The molecule has 8 heteroatoms. The SMILES string of the molecule is COc1ccc(N=C2NC(=O)/C(=C/c3ccc(OCC(N)=O)cc3)S2)cc1. The summed E-state index contributed by atoms with van der Waals surface area (Å²) >= 11 is 1.26. The third kappa shape index (κ3) is 5.11. The molecule has 1 heterocycles. The molecule has 0 aromatic heterocycles. The van der Waals surface area contributed by atoms with E-state index < -0.39 is 5.91 Å². The molecule has 0 aliphatic carbocycles. The van der Waals surface area contributed by atoms with Crippen LogP contribution in [-0.4, -0.2) is 30.7 Å². The number of carbonyl (C=O) groups is 2. The van der Waals surface area contributed by atoms with Gasteiger partial charge in [-0.1, -0.05) is 12.1 Å². The van der Waals surface area contributed by atoms with Crippen molar-refractivity contribution < 1.29 is 19.1 Å². The highest BCUT2D eigenvalue weighted by Gasteiger charge is 2.23. The van der Waals surface area contributed by atoms with Gasteiger partial charge in [0.1, 0.15) is 11.5 Å². The minimum Gasteiger partial charge on any atom is -0.497 e. The number of rotatable bonds is 6. The molecule has 0 bridgehead atoms. The van der Waals surface area contributed by atoms with Gasteiger partial charge in [-0.2, -0.15) is 0 Å². The Morgan fingerprint density at radius 3 is 2.44 bits per heavy atom. The van der Waals surface area contributed by atoms with Crippen molar-refractivity contribution >= 4 is 40.5 Å². The van der Waals surface area contributed by atoms with Crippen molar-refractivity contribution in [2.75, 3.05) is 13.7 Å². The van der Waals surface area contributed by atoms with Gasteiger partial charge in [-0.05, 0) is 59.8 Å². The van der Waals surface area contributed by atoms with Crippen molar-refractivity contribution in [3.05, 3.63) is 59.0 Å². The first-order chi connectivity index (χ1) is 13.0. The fraction of sp³-hybridized carbons (Fsp3) is 0.105. The quantitative estimate of drug-likeness (QED) is 0.746. The van der Waals surface area contributed by atoms with E-state index in [0.29, 0.717) is 15.8 Å². The largest absolute Gasteiger partial charge is 0.497 e. The second-order valence-electron chi connectivity index (χ2n) is 5.50. The molecule has 1 fully saturated rings. The van der Waals surface area contributed by atoms with Crippen LogP contribution in [0.3, 0.4) is 0 Å². The Balaban J connectivity index is 1.69. The van der Waals surface area contributed by atoms with E-state index in [-0.39, 0.29) is 12.5 Å². The lowest BCUT2D eigenvalue weighted by atomic mass is 10.2. The number of nitrogens with zero attached hydrogens (tertiary/aromatic N) is 1. The molecule has 1 aliphatic heterocycles. The molecule has 2 aromatic rings. The summed E-state index contributed by atoms with van der Waals surface area (Å²) in [4.78, 5) is 27.8. The highest BCUT2D eigenvalue weighted by Crippen LogP contribution is 2.29. The summed E-state index contributed by atoms with van der Waals surface area (Å²) in [5, 5.41) is 3.26. The van der Waals surface area contributed by atoms with Crippen molar-refractivity contribution in [2.24, 2.45) is 10.7 Å².